The molecule has 0 aliphatic carbocycles. The van der Waals surface area contributed by atoms with E-state index in [-0.39, 0.29) is 12.2 Å². The van der Waals surface area contributed by atoms with Gasteiger partial charge in [0.2, 0.25) is 5.69 Å². The largest absolute Gasteiger partial charge is 0.491 e. The zero-order valence-corrected chi connectivity index (χ0v) is 28.2. The van der Waals surface area contributed by atoms with Crippen LogP contribution >= 0.6 is 17.9 Å². The molecule has 0 bridgehead atoms. The highest BCUT2D eigenvalue weighted by Crippen LogP contribution is 2.56. The van der Waals surface area contributed by atoms with Crippen molar-refractivity contribution in [2.75, 3.05) is 13.2 Å². The Kier molecular flexibility index (Phi) is 20.7. The summed E-state index contributed by atoms with van der Waals surface area (Å²) in [6.45, 7) is 5.38. The molecule has 2 rings (SSSR count). The predicted octanol–water partition coefficient (Wildman–Crippen LogP) is 11.4. The number of ether oxygens (including phenoxy) is 2. The molecule has 41 heavy (non-hydrogen) atoms. The fourth-order valence-electron chi connectivity index (χ4n) is 4.80. The molecule has 232 valence electrons. The third kappa shape index (κ3) is 19.0. The van der Waals surface area contributed by atoms with Gasteiger partial charge in [-0.15, -0.1) is 0 Å². The van der Waals surface area contributed by atoms with Crippen LogP contribution in [0.5, 0.6) is 11.5 Å². The Labute approximate surface area is 261 Å². The van der Waals surface area contributed by atoms with E-state index in [9.17, 15) is 0 Å². The topological polar surface area (TPSA) is 36.9 Å². The lowest BCUT2D eigenvalue weighted by molar-refractivity contribution is 0.0812. The molecule has 2 aromatic rings. The molecule has 0 N–H and O–H groups in total. The third-order valence-electron chi connectivity index (χ3n) is 7.18. The van der Waals surface area contributed by atoms with Gasteiger partial charge in [-0.1, -0.05) is 152 Å². The molecule has 0 amide bonds. The Hall–Kier alpha value is -1.04. The van der Waals surface area contributed by atoms with Gasteiger partial charge in [-0.3, -0.25) is 0 Å². The zero-order valence-electron chi connectivity index (χ0n) is 25.6. The summed E-state index contributed by atoms with van der Waals surface area (Å²) >= 11 is 10.7. The van der Waals surface area contributed by atoms with Crippen molar-refractivity contribution >= 4 is 29.7 Å². The highest BCUT2D eigenvalue weighted by Gasteiger charge is 2.26. The summed E-state index contributed by atoms with van der Waals surface area (Å²) in [5.41, 5.74) is -2.82. The molecule has 0 aliphatic rings. The van der Waals surface area contributed by atoms with Gasteiger partial charge in [-0.05, 0) is 48.9 Å². The van der Waals surface area contributed by atoms with E-state index in [0.717, 1.165) is 37.2 Å². The molecule has 0 fully saturated rings. The van der Waals surface area contributed by atoms with Gasteiger partial charge in [0, 0.05) is 0 Å². The standard InChI is InChI=1S/C34H55O4PS2/c1-3-5-7-9-11-13-17-27-33(29-35-31-23-19-15-20-24-31)37-39(40,41)38-34(28-18-14-12-10-8-6-4-2)30-36-32-25-21-16-22-26-32/h15-16,19-26,33-34H,3-14,17-18,27-30H2,1-2H3,(H,40,41). The summed E-state index contributed by atoms with van der Waals surface area (Å²) in [6.07, 6.45) is 18.9. The van der Waals surface area contributed by atoms with E-state index in [0.29, 0.717) is 13.2 Å². The Balaban J connectivity index is 1.93. The number of rotatable bonds is 26. The van der Waals surface area contributed by atoms with Crippen LogP contribution in [0.2, 0.25) is 0 Å². The van der Waals surface area contributed by atoms with E-state index in [1.165, 1.54) is 77.0 Å². The highest BCUT2D eigenvalue weighted by atomic mass is 32.9. The van der Waals surface area contributed by atoms with Crippen molar-refractivity contribution in [2.24, 2.45) is 0 Å². The van der Waals surface area contributed by atoms with E-state index in [4.69, 9.17) is 42.6 Å². The van der Waals surface area contributed by atoms with Crippen LogP contribution in [0, 0.1) is 0 Å². The van der Waals surface area contributed by atoms with Crippen molar-refractivity contribution in [2.45, 2.75) is 129 Å². The maximum atomic E-state index is 6.45. The van der Waals surface area contributed by atoms with Gasteiger partial charge in [0.15, 0.2) is 0 Å². The fraction of sp³-hybridized carbons (Fsp3) is 0.647. The summed E-state index contributed by atoms with van der Waals surface area (Å²) in [5, 5.41) is 0. The Morgan fingerprint density at radius 3 is 1.27 bits per heavy atom. The number of para-hydroxylation sites is 2. The molecule has 0 heterocycles. The summed E-state index contributed by atoms with van der Waals surface area (Å²) in [6, 6.07) is 19.8. The maximum absolute atomic E-state index is 6.45. The predicted molar refractivity (Wildman–Crippen MR) is 182 cm³/mol. The number of benzene rings is 2. The van der Waals surface area contributed by atoms with Crippen LogP contribution in [0.25, 0.3) is 0 Å². The zero-order chi connectivity index (χ0) is 29.4. The van der Waals surface area contributed by atoms with Crippen LogP contribution in [-0.2, 0) is 20.9 Å². The lowest BCUT2D eigenvalue weighted by Crippen LogP contribution is -2.24. The molecule has 0 aromatic heterocycles. The van der Waals surface area contributed by atoms with Gasteiger partial charge in [0.1, 0.15) is 24.7 Å². The van der Waals surface area contributed by atoms with Gasteiger partial charge >= 0.3 is 0 Å². The van der Waals surface area contributed by atoms with E-state index in [1.807, 2.05) is 60.7 Å². The van der Waals surface area contributed by atoms with E-state index >= 15 is 0 Å². The number of hydrogen-bond donors (Lipinski definition) is 1. The maximum Gasteiger partial charge on any atom is 0.245 e. The first-order valence-electron chi connectivity index (χ1n) is 16.1. The van der Waals surface area contributed by atoms with Crippen LogP contribution in [0.1, 0.15) is 117 Å². The van der Waals surface area contributed by atoms with Crippen molar-refractivity contribution in [3.8, 4) is 11.5 Å². The second kappa shape index (κ2) is 23.4. The van der Waals surface area contributed by atoms with Gasteiger partial charge < -0.3 is 18.5 Å². The normalized spacial score (nSPS) is 14.3. The first-order valence-corrected chi connectivity index (χ1v) is 19.9. The van der Waals surface area contributed by atoms with E-state index < -0.39 is 5.69 Å². The van der Waals surface area contributed by atoms with Crippen LogP contribution < -0.4 is 9.47 Å². The SMILES string of the molecule is CCCCCCCCCC(COc1ccccc1)OP(=S)(S)OC(CCCCCCCCC)COc1ccccc1. The molecule has 4 nitrogen and oxygen atoms in total. The minimum absolute atomic E-state index is 0.163. The van der Waals surface area contributed by atoms with Crippen molar-refractivity contribution in [1.29, 1.82) is 0 Å². The summed E-state index contributed by atoms with van der Waals surface area (Å²) in [5.74, 6) is 1.67. The van der Waals surface area contributed by atoms with Crippen LogP contribution in [-0.4, -0.2) is 25.4 Å². The molecule has 0 radical (unpaired) electrons. The Morgan fingerprint density at radius 2 is 0.902 bits per heavy atom. The highest BCUT2D eigenvalue weighted by molar-refractivity contribution is 8.60. The molecule has 7 heteroatoms. The minimum atomic E-state index is -2.82. The summed E-state index contributed by atoms with van der Waals surface area (Å²) in [7, 11) is 0. The molecule has 0 aliphatic heterocycles. The molecule has 2 unspecified atom stereocenters. The summed E-state index contributed by atoms with van der Waals surface area (Å²) in [4.78, 5) is 0. The minimum Gasteiger partial charge on any atom is -0.491 e. The molecule has 2 atom stereocenters. The van der Waals surface area contributed by atoms with Crippen molar-refractivity contribution in [3.63, 3.8) is 0 Å². The van der Waals surface area contributed by atoms with E-state index in [2.05, 4.69) is 13.8 Å². The fourth-order valence-corrected chi connectivity index (χ4v) is 7.47. The average Bonchev–Trinajstić information content (AvgIpc) is 2.98. The molecule has 0 spiro atoms. The molecule has 0 saturated carbocycles. The number of unbranched alkanes of at least 4 members (excludes halogenated alkanes) is 12. The van der Waals surface area contributed by atoms with Crippen LogP contribution in [0.4, 0.5) is 0 Å². The van der Waals surface area contributed by atoms with E-state index in [1.54, 1.807) is 0 Å². The van der Waals surface area contributed by atoms with Gasteiger partial charge in [0.25, 0.3) is 0 Å². The first-order chi connectivity index (χ1) is 20.0. The first kappa shape index (κ1) is 36.2. The molecule has 0 saturated heterocycles. The van der Waals surface area contributed by atoms with Gasteiger partial charge in [0.05, 0.1) is 12.2 Å². The van der Waals surface area contributed by atoms with Crippen molar-refractivity contribution in [1.82, 2.24) is 0 Å². The number of hydrogen-bond acceptors (Lipinski definition) is 5. The quantitative estimate of drug-likeness (QED) is 0.0642. The smallest absolute Gasteiger partial charge is 0.245 e. The van der Waals surface area contributed by atoms with Crippen molar-refractivity contribution in [3.05, 3.63) is 60.7 Å². The second-order valence-corrected chi connectivity index (χ2v) is 16.2. The van der Waals surface area contributed by atoms with Gasteiger partial charge in [-0.2, -0.15) is 0 Å². The second-order valence-electron chi connectivity index (χ2n) is 11.0. The number of thiol groups is 1. The Morgan fingerprint density at radius 1 is 0.561 bits per heavy atom. The Bertz CT molecular complexity index is 844. The van der Waals surface area contributed by atoms with Crippen molar-refractivity contribution < 1.29 is 18.5 Å². The lowest BCUT2D eigenvalue weighted by atomic mass is 10.1. The average molecular weight is 623 g/mol. The third-order valence-corrected chi connectivity index (χ3v) is 9.39. The van der Waals surface area contributed by atoms with Gasteiger partial charge in [-0.25, -0.2) is 0 Å². The molecular formula is C34H55O4PS2. The summed E-state index contributed by atoms with van der Waals surface area (Å²) < 4.78 is 25.1. The molecule has 2 aromatic carbocycles. The monoisotopic (exact) mass is 622 g/mol. The lowest BCUT2D eigenvalue weighted by Gasteiger charge is -2.28. The molecular weight excluding hydrogens is 567 g/mol. The van der Waals surface area contributed by atoms with Crippen LogP contribution in [0.3, 0.4) is 0 Å². The van der Waals surface area contributed by atoms with Crippen LogP contribution in [0.15, 0.2) is 60.7 Å².